The molecule has 0 amide bonds. The summed E-state index contributed by atoms with van der Waals surface area (Å²) >= 11 is 0. The Morgan fingerprint density at radius 1 is 1.31 bits per heavy atom. The summed E-state index contributed by atoms with van der Waals surface area (Å²) in [6, 6.07) is 9.57. The van der Waals surface area contributed by atoms with Crippen LogP contribution >= 0.6 is 0 Å². The molecule has 0 radical (unpaired) electrons. The summed E-state index contributed by atoms with van der Waals surface area (Å²) in [6.07, 6.45) is 0.495. The maximum atomic E-state index is 9.62. The summed E-state index contributed by atoms with van der Waals surface area (Å²) in [5.41, 5.74) is 0.915. The molecule has 0 aromatic heterocycles. The first-order chi connectivity index (χ1) is 6.34. The van der Waals surface area contributed by atoms with Crippen LogP contribution in [0.1, 0.15) is 25.0 Å². The molecule has 1 aromatic rings. The molecule has 0 spiro atoms. The molecule has 1 atom stereocenters. The molecule has 1 unspecified atom stereocenters. The number of ether oxygens (including phenoxy) is 1. The van der Waals surface area contributed by atoms with Crippen LogP contribution in [0.5, 0.6) is 0 Å². The SMILES string of the molecule is CCCOCC(O)c1ccccc1. The molecule has 72 valence electrons. The van der Waals surface area contributed by atoms with E-state index < -0.39 is 6.10 Å². The van der Waals surface area contributed by atoms with Crippen molar-refractivity contribution < 1.29 is 9.84 Å². The molecule has 0 aliphatic rings. The molecule has 0 bridgehead atoms. The van der Waals surface area contributed by atoms with Gasteiger partial charge in [0.15, 0.2) is 0 Å². The van der Waals surface area contributed by atoms with Crippen LogP contribution in [0, 0.1) is 0 Å². The van der Waals surface area contributed by atoms with Crippen molar-refractivity contribution in [3.63, 3.8) is 0 Å². The molecule has 0 saturated carbocycles. The topological polar surface area (TPSA) is 29.5 Å². The molecule has 2 heteroatoms. The summed E-state index contributed by atoms with van der Waals surface area (Å²) < 4.78 is 5.25. The minimum absolute atomic E-state index is 0.387. The Morgan fingerprint density at radius 2 is 2.00 bits per heavy atom. The van der Waals surface area contributed by atoms with Crippen LogP contribution in [-0.4, -0.2) is 18.3 Å². The van der Waals surface area contributed by atoms with Crippen molar-refractivity contribution in [2.75, 3.05) is 13.2 Å². The number of rotatable bonds is 5. The van der Waals surface area contributed by atoms with Gasteiger partial charge in [-0.2, -0.15) is 0 Å². The lowest BCUT2D eigenvalue weighted by molar-refractivity contribution is 0.0364. The van der Waals surface area contributed by atoms with E-state index in [1.54, 1.807) is 0 Å². The monoisotopic (exact) mass is 180 g/mol. The number of hydrogen-bond acceptors (Lipinski definition) is 2. The second-order valence-electron chi connectivity index (χ2n) is 3.00. The van der Waals surface area contributed by atoms with Crippen molar-refractivity contribution in [3.8, 4) is 0 Å². The van der Waals surface area contributed by atoms with Gasteiger partial charge in [-0.05, 0) is 12.0 Å². The Labute approximate surface area is 79.2 Å². The summed E-state index contributed by atoms with van der Waals surface area (Å²) in [4.78, 5) is 0. The summed E-state index contributed by atoms with van der Waals surface area (Å²) in [7, 11) is 0. The molecule has 0 fully saturated rings. The average Bonchev–Trinajstić information content (AvgIpc) is 2.19. The predicted molar refractivity (Wildman–Crippen MR) is 52.5 cm³/mol. The number of hydrogen-bond donors (Lipinski definition) is 1. The Balaban J connectivity index is 2.35. The van der Waals surface area contributed by atoms with E-state index in [1.165, 1.54) is 0 Å². The van der Waals surface area contributed by atoms with Crippen LogP contribution in [0.25, 0.3) is 0 Å². The van der Waals surface area contributed by atoms with Gasteiger partial charge in [-0.25, -0.2) is 0 Å². The van der Waals surface area contributed by atoms with E-state index in [1.807, 2.05) is 30.3 Å². The molecule has 0 aliphatic carbocycles. The van der Waals surface area contributed by atoms with Crippen LogP contribution in [0.3, 0.4) is 0 Å². The van der Waals surface area contributed by atoms with Crippen molar-refractivity contribution in [2.24, 2.45) is 0 Å². The Morgan fingerprint density at radius 3 is 2.62 bits per heavy atom. The van der Waals surface area contributed by atoms with Crippen LogP contribution in [-0.2, 0) is 4.74 Å². The first kappa shape index (κ1) is 10.2. The van der Waals surface area contributed by atoms with Gasteiger partial charge in [0.2, 0.25) is 0 Å². The molecule has 2 nitrogen and oxygen atoms in total. The summed E-state index contributed by atoms with van der Waals surface area (Å²) in [6.45, 7) is 3.15. The highest BCUT2D eigenvalue weighted by molar-refractivity contribution is 5.17. The third kappa shape index (κ3) is 3.57. The van der Waals surface area contributed by atoms with E-state index in [4.69, 9.17) is 4.74 Å². The van der Waals surface area contributed by atoms with E-state index in [2.05, 4.69) is 6.92 Å². The lowest BCUT2D eigenvalue weighted by atomic mass is 10.1. The zero-order valence-electron chi connectivity index (χ0n) is 7.94. The highest BCUT2D eigenvalue weighted by Crippen LogP contribution is 2.11. The van der Waals surface area contributed by atoms with Gasteiger partial charge in [0.1, 0.15) is 6.10 Å². The molecule has 1 N–H and O–H groups in total. The molecule has 1 rings (SSSR count). The molecular weight excluding hydrogens is 164 g/mol. The van der Waals surface area contributed by atoms with Gasteiger partial charge in [0.25, 0.3) is 0 Å². The number of benzene rings is 1. The van der Waals surface area contributed by atoms with Gasteiger partial charge >= 0.3 is 0 Å². The molecule has 1 aromatic carbocycles. The number of aliphatic hydroxyl groups excluding tert-OH is 1. The second kappa shape index (κ2) is 5.73. The summed E-state index contributed by atoms with van der Waals surface area (Å²) in [5, 5.41) is 9.62. The van der Waals surface area contributed by atoms with Gasteiger partial charge in [-0.1, -0.05) is 37.3 Å². The lowest BCUT2D eigenvalue weighted by Crippen LogP contribution is -2.07. The third-order valence-electron chi connectivity index (χ3n) is 1.81. The predicted octanol–water partition coefficient (Wildman–Crippen LogP) is 2.15. The normalized spacial score (nSPS) is 12.8. The molecular formula is C11H16O2. The Hall–Kier alpha value is -0.860. The Kier molecular flexibility index (Phi) is 4.50. The molecule has 0 saturated heterocycles. The van der Waals surface area contributed by atoms with Crippen LogP contribution in [0.4, 0.5) is 0 Å². The lowest BCUT2D eigenvalue weighted by Gasteiger charge is -2.10. The first-order valence-corrected chi connectivity index (χ1v) is 4.65. The molecule has 13 heavy (non-hydrogen) atoms. The smallest absolute Gasteiger partial charge is 0.102 e. The number of aliphatic hydroxyl groups is 1. The quantitative estimate of drug-likeness (QED) is 0.703. The molecule has 0 aliphatic heterocycles. The van der Waals surface area contributed by atoms with Crippen molar-refractivity contribution in [2.45, 2.75) is 19.4 Å². The summed E-state index contributed by atoms with van der Waals surface area (Å²) in [5.74, 6) is 0. The Bertz CT molecular complexity index is 221. The molecule has 0 heterocycles. The van der Waals surface area contributed by atoms with Gasteiger partial charge in [0.05, 0.1) is 6.61 Å². The third-order valence-corrected chi connectivity index (χ3v) is 1.81. The van der Waals surface area contributed by atoms with Crippen LogP contribution in [0.15, 0.2) is 30.3 Å². The first-order valence-electron chi connectivity index (χ1n) is 4.65. The van der Waals surface area contributed by atoms with Crippen molar-refractivity contribution >= 4 is 0 Å². The highest BCUT2D eigenvalue weighted by atomic mass is 16.5. The van der Waals surface area contributed by atoms with E-state index in [0.29, 0.717) is 13.2 Å². The largest absolute Gasteiger partial charge is 0.386 e. The second-order valence-corrected chi connectivity index (χ2v) is 3.00. The van der Waals surface area contributed by atoms with Crippen molar-refractivity contribution in [3.05, 3.63) is 35.9 Å². The fraction of sp³-hybridized carbons (Fsp3) is 0.455. The highest BCUT2D eigenvalue weighted by Gasteiger charge is 2.05. The van der Waals surface area contributed by atoms with Crippen LogP contribution in [0.2, 0.25) is 0 Å². The van der Waals surface area contributed by atoms with Crippen molar-refractivity contribution in [1.82, 2.24) is 0 Å². The zero-order chi connectivity index (χ0) is 9.52. The van der Waals surface area contributed by atoms with Crippen LogP contribution < -0.4 is 0 Å². The maximum Gasteiger partial charge on any atom is 0.102 e. The van der Waals surface area contributed by atoms with E-state index in [9.17, 15) is 5.11 Å². The van der Waals surface area contributed by atoms with Gasteiger partial charge in [-0.3, -0.25) is 0 Å². The zero-order valence-corrected chi connectivity index (χ0v) is 7.94. The van der Waals surface area contributed by atoms with E-state index in [-0.39, 0.29) is 0 Å². The van der Waals surface area contributed by atoms with Gasteiger partial charge in [0, 0.05) is 6.61 Å². The minimum atomic E-state index is -0.493. The van der Waals surface area contributed by atoms with E-state index >= 15 is 0 Å². The fourth-order valence-corrected chi connectivity index (χ4v) is 1.11. The minimum Gasteiger partial charge on any atom is -0.386 e. The maximum absolute atomic E-state index is 9.62. The van der Waals surface area contributed by atoms with E-state index in [0.717, 1.165) is 12.0 Å². The van der Waals surface area contributed by atoms with Gasteiger partial charge < -0.3 is 9.84 Å². The van der Waals surface area contributed by atoms with Crippen molar-refractivity contribution in [1.29, 1.82) is 0 Å². The fourth-order valence-electron chi connectivity index (χ4n) is 1.11. The average molecular weight is 180 g/mol. The van der Waals surface area contributed by atoms with Gasteiger partial charge in [-0.15, -0.1) is 0 Å². The standard InChI is InChI=1S/C11H16O2/c1-2-8-13-9-11(12)10-6-4-3-5-7-10/h3-7,11-12H,2,8-9H2,1H3.